The van der Waals surface area contributed by atoms with E-state index >= 15 is 0 Å². The van der Waals surface area contributed by atoms with Crippen LogP contribution in [0.2, 0.25) is 0 Å². The molecule has 9 N–H and O–H groups in total. The fraction of sp³-hybridized carbons (Fsp3) is 1.00. The standard InChI is InChI=1S/C6H13N.C6H14O12P2/c7-6-4-2-1-3-5-6;7-3-2(1-16-19(10,11)12)17-6(5(9)4(3)8)18-20(13,14)15/h6H,1-5,7H2;2-9H,1H2,(H2,10,11,12)(H2,13,14,15)/t;2-,3-,4+,5-,6-/m.1/s1. The minimum Gasteiger partial charge on any atom is -0.387 e. The first-order valence-electron chi connectivity index (χ1n) is 8.19. The maximum absolute atomic E-state index is 10.6. The van der Waals surface area contributed by atoms with Crippen LogP contribution in [0.15, 0.2) is 0 Å². The van der Waals surface area contributed by atoms with Gasteiger partial charge in [-0.3, -0.25) is 9.05 Å². The van der Waals surface area contributed by atoms with Crippen LogP contribution in [0.3, 0.4) is 0 Å². The Balaban J connectivity index is 0.000000433. The molecule has 27 heavy (non-hydrogen) atoms. The first kappa shape index (κ1) is 25.1. The van der Waals surface area contributed by atoms with Crippen LogP contribution in [0.4, 0.5) is 0 Å². The molecular formula is C12H27NO12P2. The molecule has 1 heterocycles. The Morgan fingerprint density at radius 2 is 1.44 bits per heavy atom. The van der Waals surface area contributed by atoms with Crippen LogP contribution in [-0.2, 0) is 22.9 Å². The quantitative estimate of drug-likeness (QED) is 0.223. The minimum atomic E-state index is -5.07. The molecule has 13 nitrogen and oxygen atoms in total. The largest absolute Gasteiger partial charge is 0.472 e. The van der Waals surface area contributed by atoms with Crippen molar-refractivity contribution in [3.05, 3.63) is 0 Å². The first-order chi connectivity index (χ1) is 12.3. The van der Waals surface area contributed by atoms with Crippen molar-refractivity contribution >= 4 is 15.6 Å². The fourth-order valence-corrected chi connectivity index (χ4v) is 3.37. The zero-order chi connectivity index (χ0) is 20.8. The van der Waals surface area contributed by atoms with Gasteiger partial charge in [-0.15, -0.1) is 0 Å². The van der Waals surface area contributed by atoms with E-state index in [9.17, 15) is 24.4 Å². The predicted octanol–water partition coefficient (Wildman–Crippen LogP) is -1.71. The zero-order valence-corrected chi connectivity index (χ0v) is 16.1. The second-order valence-electron chi connectivity index (χ2n) is 6.30. The highest BCUT2D eigenvalue weighted by Crippen LogP contribution is 2.41. The highest BCUT2D eigenvalue weighted by atomic mass is 31.2. The Morgan fingerprint density at radius 3 is 1.85 bits per heavy atom. The Bertz CT molecular complexity index is 530. The summed E-state index contributed by atoms with van der Waals surface area (Å²) in [4.78, 5) is 34.1. The molecule has 1 saturated heterocycles. The van der Waals surface area contributed by atoms with Crippen molar-refractivity contribution < 1.29 is 57.8 Å². The van der Waals surface area contributed by atoms with Crippen LogP contribution in [0.5, 0.6) is 0 Å². The fourth-order valence-electron chi connectivity index (χ4n) is 2.58. The number of phosphoric acid groups is 2. The molecule has 1 saturated carbocycles. The highest BCUT2D eigenvalue weighted by Gasteiger charge is 2.47. The van der Waals surface area contributed by atoms with E-state index in [1.165, 1.54) is 32.1 Å². The number of hydrogen-bond donors (Lipinski definition) is 8. The summed E-state index contributed by atoms with van der Waals surface area (Å²) in [6.45, 7) is -0.907. The normalized spacial score (nSPS) is 33.3. The van der Waals surface area contributed by atoms with E-state index < -0.39 is 53.0 Å². The lowest BCUT2D eigenvalue weighted by atomic mass is 9.97. The minimum absolute atomic E-state index is 0.536. The van der Waals surface area contributed by atoms with Gasteiger partial charge in [0.25, 0.3) is 0 Å². The maximum atomic E-state index is 10.6. The molecule has 2 rings (SSSR count). The highest BCUT2D eigenvalue weighted by molar-refractivity contribution is 7.46. The van der Waals surface area contributed by atoms with Crippen molar-refractivity contribution in [2.24, 2.45) is 5.73 Å². The summed E-state index contributed by atoms with van der Waals surface area (Å²) < 4.78 is 33.9. The summed E-state index contributed by atoms with van der Waals surface area (Å²) in [7, 11) is -9.95. The molecule has 0 unspecified atom stereocenters. The summed E-state index contributed by atoms with van der Waals surface area (Å²) in [6.07, 6.45) is -2.66. The second kappa shape index (κ2) is 10.7. The summed E-state index contributed by atoms with van der Waals surface area (Å²) in [5, 5.41) is 28.4. The van der Waals surface area contributed by atoms with Gasteiger partial charge in [-0.25, -0.2) is 9.13 Å². The van der Waals surface area contributed by atoms with E-state index in [1.54, 1.807) is 0 Å². The molecule has 1 aliphatic heterocycles. The van der Waals surface area contributed by atoms with Crippen molar-refractivity contribution in [2.75, 3.05) is 6.61 Å². The average molecular weight is 439 g/mol. The van der Waals surface area contributed by atoms with Crippen LogP contribution in [0, 0.1) is 0 Å². The predicted molar refractivity (Wildman–Crippen MR) is 88.9 cm³/mol. The van der Waals surface area contributed by atoms with Gasteiger partial charge in [0.1, 0.15) is 24.4 Å². The van der Waals surface area contributed by atoms with E-state index in [-0.39, 0.29) is 0 Å². The van der Waals surface area contributed by atoms with Gasteiger partial charge in [-0.1, -0.05) is 19.3 Å². The molecule has 0 radical (unpaired) electrons. The van der Waals surface area contributed by atoms with Gasteiger partial charge < -0.3 is 45.4 Å². The number of phosphoric ester groups is 2. The lowest BCUT2D eigenvalue weighted by Crippen LogP contribution is -2.59. The molecule has 15 heteroatoms. The first-order valence-corrected chi connectivity index (χ1v) is 11.3. The van der Waals surface area contributed by atoms with E-state index in [4.69, 9.17) is 30.0 Å². The smallest absolute Gasteiger partial charge is 0.387 e. The third-order valence-corrected chi connectivity index (χ3v) is 4.93. The van der Waals surface area contributed by atoms with E-state index in [2.05, 4.69) is 9.05 Å². The molecule has 1 aliphatic carbocycles. The van der Waals surface area contributed by atoms with Crippen molar-refractivity contribution in [1.29, 1.82) is 0 Å². The monoisotopic (exact) mass is 439 g/mol. The van der Waals surface area contributed by atoms with E-state index in [0.717, 1.165) is 0 Å². The van der Waals surface area contributed by atoms with E-state index in [1.807, 2.05) is 0 Å². The lowest BCUT2D eigenvalue weighted by molar-refractivity contribution is -0.279. The molecule has 2 aliphatic rings. The molecule has 0 spiro atoms. The van der Waals surface area contributed by atoms with Crippen LogP contribution in [0.25, 0.3) is 0 Å². The third-order valence-electron chi connectivity index (χ3n) is 3.97. The number of aliphatic hydroxyl groups excluding tert-OH is 3. The topological polar surface area (TPSA) is 229 Å². The summed E-state index contributed by atoms with van der Waals surface area (Å²) >= 11 is 0. The average Bonchev–Trinajstić information content (AvgIpc) is 2.54. The molecule has 0 bridgehead atoms. The van der Waals surface area contributed by atoms with Crippen molar-refractivity contribution in [3.8, 4) is 0 Å². The summed E-state index contributed by atoms with van der Waals surface area (Å²) in [5.41, 5.74) is 5.63. The van der Waals surface area contributed by atoms with Crippen LogP contribution in [-0.4, -0.2) is 78.2 Å². The molecule has 0 aromatic carbocycles. The Morgan fingerprint density at radius 1 is 0.889 bits per heavy atom. The number of ether oxygens (including phenoxy) is 1. The van der Waals surface area contributed by atoms with Gasteiger partial charge in [0.05, 0.1) is 6.61 Å². The van der Waals surface area contributed by atoms with Crippen LogP contribution < -0.4 is 5.73 Å². The second-order valence-corrected chi connectivity index (χ2v) is 8.73. The molecule has 0 aromatic rings. The van der Waals surface area contributed by atoms with Gasteiger partial charge in [-0.05, 0) is 12.8 Å². The van der Waals surface area contributed by atoms with Gasteiger partial charge in [0, 0.05) is 6.04 Å². The molecule has 2 fully saturated rings. The van der Waals surface area contributed by atoms with Crippen molar-refractivity contribution in [1.82, 2.24) is 0 Å². The molecule has 5 atom stereocenters. The van der Waals surface area contributed by atoms with E-state index in [0.29, 0.717) is 6.04 Å². The molecule has 0 amide bonds. The van der Waals surface area contributed by atoms with Crippen LogP contribution >= 0.6 is 15.6 Å². The third kappa shape index (κ3) is 9.86. The SMILES string of the molecule is NC1CCCCC1.O=P(O)(O)OC[C@H]1O[C@H](OP(=O)(O)O)[C@H](O)[C@@H](O)[C@@H]1O. The van der Waals surface area contributed by atoms with Crippen molar-refractivity contribution in [3.63, 3.8) is 0 Å². The molecular weight excluding hydrogens is 412 g/mol. The molecule has 162 valence electrons. The van der Waals surface area contributed by atoms with Gasteiger partial charge in [0.15, 0.2) is 6.29 Å². The lowest BCUT2D eigenvalue weighted by Gasteiger charge is -2.39. The van der Waals surface area contributed by atoms with Gasteiger partial charge in [0.2, 0.25) is 0 Å². The maximum Gasteiger partial charge on any atom is 0.472 e. The summed E-state index contributed by atoms with van der Waals surface area (Å²) in [6, 6.07) is 0.536. The number of rotatable bonds is 5. The van der Waals surface area contributed by atoms with Crippen LogP contribution in [0.1, 0.15) is 32.1 Å². The Hall–Kier alpha value is 0.0200. The van der Waals surface area contributed by atoms with Gasteiger partial charge >= 0.3 is 15.6 Å². The van der Waals surface area contributed by atoms with Crippen molar-refractivity contribution in [2.45, 2.75) is 68.9 Å². The Kier molecular flexibility index (Phi) is 9.93. The summed E-state index contributed by atoms with van der Waals surface area (Å²) in [5.74, 6) is 0. The number of hydrogen-bond acceptors (Lipinski definition) is 9. The number of nitrogens with two attached hydrogens (primary N) is 1. The van der Waals surface area contributed by atoms with Gasteiger partial charge in [-0.2, -0.15) is 0 Å². The number of aliphatic hydroxyl groups is 3. The molecule has 0 aromatic heterocycles. The zero-order valence-electron chi connectivity index (χ0n) is 14.4. The Labute approximate surface area is 155 Å².